The minimum Gasteiger partial charge on any atom is -0.462 e. The lowest BCUT2D eigenvalue weighted by atomic mass is 10.1. The van der Waals surface area contributed by atoms with Crippen LogP contribution in [0.25, 0.3) is 0 Å². The molecule has 1 atom stereocenters. The highest BCUT2D eigenvalue weighted by Crippen LogP contribution is 2.14. The molecule has 0 amide bonds. The maximum Gasteiger partial charge on any atom is 0.306 e. The third-order valence-electron chi connectivity index (χ3n) is 12.0. The van der Waals surface area contributed by atoms with Crippen LogP contribution in [0.4, 0.5) is 0 Å². The van der Waals surface area contributed by atoms with Crippen LogP contribution in [-0.2, 0) is 28.6 Å². The van der Waals surface area contributed by atoms with E-state index in [4.69, 9.17) is 14.2 Å². The van der Waals surface area contributed by atoms with E-state index in [0.29, 0.717) is 25.7 Å². The number of hydrogen-bond acceptors (Lipinski definition) is 6. The van der Waals surface area contributed by atoms with Gasteiger partial charge in [-0.1, -0.05) is 269 Å². The van der Waals surface area contributed by atoms with Gasteiger partial charge >= 0.3 is 17.9 Å². The van der Waals surface area contributed by atoms with Crippen molar-refractivity contribution in [2.75, 3.05) is 13.2 Å². The number of carbonyl (C=O) groups is 3. The Morgan fingerprint density at radius 1 is 0.301 bits per heavy atom. The van der Waals surface area contributed by atoms with Crippen LogP contribution in [0.2, 0.25) is 0 Å². The number of rotatable bonds is 51. The van der Waals surface area contributed by atoms with Crippen LogP contribution in [0.1, 0.15) is 239 Å². The molecule has 0 aliphatic rings. The summed E-state index contributed by atoms with van der Waals surface area (Å²) in [7, 11) is 0. The molecule has 0 heterocycles. The molecule has 0 fully saturated rings. The van der Waals surface area contributed by atoms with Crippen molar-refractivity contribution in [2.24, 2.45) is 0 Å². The number of unbranched alkanes of at least 4 members (excludes halogenated alkanes) is 23. The van der Waals surface area contributed by atoms with Crippen LogP contribution in [0, 0.1) is 0 Å². The topological polar surface area (TPSA) is 78.9 Å². The lowest BCUT2D eigenvalue weighted by molar-refractivity contribution is -0.167. The molecule has 0 saturated carbocycles. The van der Waals surface area contributed by atoms with Crippen LogP contribution < -0.4 is 0 Å². The molecule has 0 aromatic carbocycles. The fourth-order valence-corrected chi connectivity index (χ4v) is 7.61. The summed E-state index contributed by atoms with van der Waals surface area (Å²) in [5.74, 6) is -1.03. The predicted molar refractivity (Wildman–Crippen MR) is 315 cm³/mol. The van der Waals surface area contributed by atoms with Gasteiger partial charge in [-0.15, -0.1) is 0 Å². The molecule has 1 unspecified atom stereocenters. The minimum atomic E-state index is -0.827. The first-order valence-electron chi connectivity index (χ1n) is 29.5. The Morgan fingerprint density at radius 2 is 0.603 bits per heavy atom. The van der Waals surface area contributed by atoms with Crippen LogP contribution in [0.5, 0.6) is 0 Å². The van der Waals surface area contributed by atoms with Gasteiger partial charge in [0.1, 0.15) is 13.2 Å². The molecule has 0 radical (unpaired) electrons. The number of hydrogen-bond donors (Lipinski definition) is 0. The summed E-state index contributed by atoms with van der Waals surface area (Å²) in [4.78, 5) is 38.2. The first kappa shape index (κ1) is 68.3. The highest BCUT2D eigenvalue weighted by atomic mass is 16.6. The zero-order chi connectivity index (χ0) is 52.9. The largest absolute Gasteiger partial charge is 0.462 e. The van der Waals surface area contributed by atoms with Gasteiger partial charge in [0.25, 0.3) is 0 Å². The van der Waals surface area contributed by atoms with E-state index in [0.717, 1.165) is 64.2 Å². The Balaban J connectivity index is 4.59. The third-order valence-corrected chi connectivity index (χ3v) is 12.0. The summed E-state index contributed by atoms with van der Waals surface area (Å²) in [6, 6.07) is 0. The molecule has 0 saturated heterocycles. The van der Waals surface area contributed by atoms with E-state index in [9.17, 15) is 14.4 Å². The molecule has 0 rings (SSSR count). The SMILES string of the molecule is CC\C=C/C=C\C=C/C=C\C=C\C=C/C=C\CCCCCC(=O)OCC(COC(=O)CCC/C=C\C/C=C\C/C=C\CCCCCCCC)OC(=O)CCCCCCCCCCCC/C=C\C=C/CCCCC. The third kappa shape index (κ3) is 58.1. The Bertz CT molecular complexity index is 1630. The van der Waals surface area contributed by atoms with Gasteiger partial charge in [0, 0.05) is 19.3 Å². The summed E-state index contributed by atoms with van der Waals surface area (Å²) in [5.41, 5.74) is 0. The van der Waals surface area contributed by atoms with Crippen molar-refractivity contribution in [3.63, 3.8) is 0 Å². The highest BCUT2D eigenvalue weighted by Gasteiger charge is 2.19. The summed E-state index contributed by atoms with van der Waals surface area (Å²) in [5, 5.41) is 0. The van der Waals surface area contributed by atoms with Crippen molar-refractivity contribution in [3.8, 4) is 0 Å². The maximum atomic E-state index is 12.9. The van der Waals surface area contributed by atoms with Gasteiger partial charge in [-0.3, -0.25) is 14.4 Å². The molecule has 6 nitrogen and oxygen atoms in total. The number of ether oxygens (including phenoxy) is 3. The van der Waals surface area contributed by atoms with Crippen LogP contribution in [0.3, 0.4) is 0 Å². The Hall–Kier alpha value is -4.71. The molecule has 0 N–H and O–H groups in total. The lowest BCUT2D eigenvalue weighted by Gasteiger charge is -2.18. The highest BCUT2D eigenvalue weighted by molar-refractivity contribution is 5.71. The van der Waals surface area contributed by atoms with Crippen molar-refractivity contribution in [1.29, 1.82) is 0 Å². The Labute approximate surface area is 448 Å². The van der Waals surface area contributed by atoms with Gasteiger partial charge in [-0.2, -0.15) is 0 Å². The van der Waals surface area contributed by atoms with Crippen molar-refractivity contribution >= 4 is 17.9 Å². The summed E-state index contributed by atoms with van der Waals surface area (Å²) < 4.78 is 16.8. The zero-order valence-electron chi connectivity index (χ0n) is 46.8. The molecular formula is C67H106O6. The van der Waals surface area contributed by atoms with Gasteiger partial charge in [0.15, 0.2) is 6.10 Å². The molecule has 0 aromatic heterocycles. The van der Waals surface area contributed by atoms with Crippen LogP contribution >= 0.6 is 0 Å². The summed E-state index contributed by atoms with van der Waals surface area (Å²) >= 11 is 0. The predicted octanol–water partition coefficient (Wildman–Crippen LogP) is 20.0. The summed E-state index contributed by atoms with van der Waals surface area (Å²) in [6.07, 6.45) is 85.5. The average Bonchev–Trinajstić information content (AvgIpc) is 3.39. The summed E-state index contributed by atoms with van der Waals surface area (Å²) in [6.45, 7) is 6.37. The second kappa shape index (κ2) is 59.8. The van der Waals surface area contributed by atoms with E-state index in [1.165, 1.54) is 122 Å². The fraction of sp³-hybridized carbons (Fsp3) is 0.597. The van der Waals surface area contributed by atoms with Crippen molar-refractivity contribution < 1.29 is 28.6 Å². The quantitative estimate of drug-likeness (QED) is 0.0199. The monoisotopic (exact) mass is 1010 g/mol. The molecule has 0 aromatic rings. The molecule has 0 aliphatic heterocycles. The van der Waals surface area contributed by atoms with E-state index >= 15 is 0 Å². The van der Waals surface area contributed by atoms with Gasteiger partial charge < -0.3 is 14.2 Å². The average molecular weight is 1010 g/mol. The van der Waals surface area contributed by atoms with Gasteiger partial charge in [-0.25, -0.2) is 0 Å². The van der Waals surface area contributed by atoms with E-state index in [1.807, 2.05) is 72.9 Å². The molecule has 0 spiro atoms. The maximum absolute atomic E-state index is 12.9. The second-order valence-corrected chi connectivity index (χ2v) is 19.0. The van der Waals surface area contributed by atoms with Crippen molar-refractivity contribution in [1.82, 2.24) is 0 Å². The lowest BCUT2D eigenvalue weighted by Crippen LogP contribution is -2.30. The fourth-order valence-electron chi connectivity index (χ4n) is 7.61. The van der Waals surface area contributed by atoms with Crippen molar-refractivity contribution in [3.05, 3.63) is 146 Å². The first-order chi connectivity index (χ1) is 36.0. The van der Waals surface area contributed by atoms with E-state index < -0.39 is 6.10 Å². The molecule has 0 aliphatic carbocycles. The molecule has 6 heteroatoms. The van der Waals surface area contributed by atoms with E-state index in [2.05, 4.69) is 93.7 Å². The smallest absolute Gasteiger partial charge is 0.306 e. The number of carbonyl (C=O) groups excluding carboxylic acids is 3. The molecule has 410 valence electrons. The van der Waals surface area contributed by atoms with Gasteiger partial charge in [-0.05, 0) is 96.3 Å². The molecule has 0 bridgehead atoms. The minimum absolute atomic E-state index is 0.124. The van der Waals surface area contributed by atoms with Crippen LogP contribution in [-0.4, -0.2) is 37.2 Å². The number of esters is 3. The molecule has 73 heavy (non-hydrogen) atoms. The zero-order valence-corrected chi connectivity index (χ0v) is 46.8. The Morgan fingerprint density at radius 3 is 1.07 bits per heavy atom. The second-order valence-electron chi connectivity index (χ2n) is 19.0. The Kier molecular flexibility index (Phi) is 56.0. The molecular weight excluding hydrogens is 901 g/mol. The van der Waals surface area contributed by atoms with Crippen molar-refractivity contribution in [2.45, 2.75) is 245 Å². The first-order valence-corrected chi connectivity index (χ1v) is 29.5. The van der Waals surface area contributed by atoms with Gasteiger partial charge in [0.05, 0.1) is 0 Å². The number of allylic oxidation sites excluding steroid dienone is 24. The van der Waals surface area contributed by atoms with E-state index in [-0.39, 0.29) is 37.5 Å². The standard InChI is InChI=1S/C67H106O6/c1-4-7-10-13-16-19-22-25-28-31-33-36-39-42-45-48-51-54-57-60-66(69)72-63-64(62-71-65(68)59-56-53-50-47-44-41-38-35-30-27-24-21-18-15-12-9-6-3)73-67(70)61-58-55-52-49-46-43-40-37-34-32-29-26-23-20-17-14-11-8-5-2/h7,10,13,16-17,19-20,22-23,25-28,30-31,33,36,38-39,41-42,45,47,50,64H,4-6,8-9,11-12,14-15,18,21,24,29,32,34-35,37,40,43-44,46,48-49,51-63H2,1-3H3/b10-7-,16-13-,20-17-,22-19-,26-23-,28-25-,30-27-,33-31+,39-36-,41-38-,45-42-,50-47-. The van der Waals surface area contributed by atoms with E-state index in [1.54, 1.807) is 0 Å². The van der Waals surface area contributed by atoms with Gasteiger partial charge in [0.2, 0.25) is 0 Å². The normalized spacial score (nSPS) is 13.2. The van der Waals surface area contributed by atoms with Crippen LogP contribution in [0.15, 0.2) is 146 Å².